The van der Waals surface area contributed by atoms with E-state index in [2.05, 4.69) is 57.6 Å². The summed E-state index contributed by atoms with van der Waals surface area (Å²) in [5, 5.41) is 5.72. The number of aromatic amines is 1. The number of fused-ring (bicyclic) bond motifs is 5. The van der Waals surface area contributed by atoms with Gasteiger partial charge in [-0.05, 0) is 72.6 Å². The van der Waals surface area contributed by atoms with E-state index in [0.717, 1.165) is 63.9 Å². The molecule has 6 heteroatoms. The van der Waals surface area contributed by atoms with Crippen molar-refractivity contribution < 1.29 is 0 Å². The quantitative estimate of drug-likeness (QED) is 0.313. The van der Waals surface area contributed by atoms with Crippen LogP contribution in [0.3, 0.4) is 0 Å². The summed E-state index contributed by atoms with van der Waals surface area (Å²) in [6.07, 6.45) is 12.0. The molecule has 0 radical (unpaired) electrons. The first-order valence-corrected chi connectivity index (χ1v) is 13.2. The van der Waals surface area contributed by atoms with E-state index in [1.54, 1.807) is 17.7 Å². The monoisotopic (exact) mass is 465 g/mol. The van der Waals surface area contributed by atoms with Gasteiger partial charge in [0, 0.05) is 34.4 Å². The highest BCUT2D eigenvalue weighted by Gasteiger charge is 2.41. The van der Waals surface area contributed by atoms with E-state index in [0.29, 0.717) is 0 Å². The minimum Gasteiger partial charge on any atom is -0.345 e. The number of aromatic nitrogens is 5. The van der Waals surface area contributed by atoms with Crippen molar-refractivity contribution in [1.29, 1.82) is 0 Å². The molecule has 3 saturated carbocycles. The highest BCUT2D eigenvalue weighted by molar-refractivity contribution is 7.15. The molecular weight excluding hydrogens is 438 g/mol. The number of benzene rings is 1. The molecule has 0 aliphatic heterocycles. The van der Waals surface area contributed by atoms with Crippen molar-refractivity contribution in [2.45, 2.75) is 39.0 Å². The van der Waals surface area contributed by atoms with Crippen LogP contribution in [-0.4, -0.2) is 24.9 Å². The summed E-state index contributed by atoms with van der Waals surface area (Å²) < 4.78 is 0. The maximum Gasteiger partial charge on any atom is 0.162 e. The predicted octanol–water partition coefficient (Wildman–Crippen LogP) is 6.91. The first-order chi connectivity index (χ1) is 16.7. The number of nitrogens with one attached hydrogen (secondary N) is 1. The average Bonchev–Trinajstić information content (AvgIpc) is 3.51. The summed E-state index contributed by atoms with van der Waals surface area (Å²) in [4.78, 5) is 23.4. The van der Waals surface area contributed by atoms with Gasteiger partial charge < -0.3 is 4.98 Å². The van der Waals surface area contributed by atoms with Gasteiger partial charge in [-0.2, -0.15) is 0 Å². The molecule has 1 aromatic carbocycles. The van der Waals surface area contributed by atoms with E-state index >= 15 is 0 Å². The fraction of sp³-hybridized carbons (Fsp3) is 0.357. The standard InChI is InChI=1S/C28H27N5S/c1-16-17-6-8-18(9-7-17)22(16)10-20-11-25(26-21-5-3-2-4-19(21)14-34-26)33-28(32-20)24-13-30-27-23(24)12-29-15-31-27/h2-5,11-18,22H,6-10H2,1H3,(H,29,30,31). The Labute approximate surface area is 202 Å². The molecule has 5 aromatic rings. The Morgan fingerprint density at radius 2 is 1.88 bits per heavy atom. The predicted molar refractivity (Wildman–Crippen MR) is 138 cm³/mol. The molecule has 2 bridgehead atoms. The van der Waals surface area contributed by atoms with Gasteiger partial charge in [0.15, 0.2) is 5.82 Å². The van der Waals surface area contributed by atoms with Crippen molar-refractivity contribution in [2.24, 2.45) is 23.7 Å². The molecule has 4 heterocycles. The molecule has 8 rings (SSSR count). The van der Waals surface area contributed by atoms with Crippen LogP contribution in [0.5, 0.6) is 0 Å². The van der Waals surface area contributed by atoms with Crippen LogP contribution in [-0.2, 0) is 6.42 Å². The van der Waals surface area contributed by atoms with Crippen LogP contribution in [0, 0.1) is 23.7 Å². The summed E-state index contributed by atoms with van der Waals surface area (Å²) >= 11 is 1.77. The van der Waals surface area contributed by atoms with E-state index in [1.807, 2.05) is 12.4 Å². The summed E-state index contributed by atoms with van der Waals surface area (Å²) in [7, 11) is 0. The van der Waals surface area contributed by atoms with Gasteiger partial charge in [-0.15, -0.1) is 11.3 Å². The van der Waals surface area contributed by atoms with Crippen LogP contribution in [0.1, 0.15) is 38.3 Å². The second kappa shape index (κ2) is 7.98. The van der Waals surface area contributed by atoms with Crippen LogP contribution < -0.4 is 0 Å². The number of H-pyrrole nitrogens is 1. The van der Waals surface area contributed by atoms with Crippen molar-refractivity contribution in [3.8, 4) is 22.0 Å². The third-order valence-corrected chi connectivity index (χ3v) is 9.44. The summed E-state index contributed by atoms with van der Waals surface area (Å²) in [5.41, 5.74) is 3.97. The lowest BCUT2D eigenvalue weighted by atomic mass is 9.58. The summed E-state index contributed by atoms with van der Waals surface area (Å²) in [5.74, 6) is 3.99. The smallest absolute Gasteiger partial charge is 0.162 e. The van der Waals surface area contributed by atoms with Crippen LogP contribution in [0.25, 0.3) is 43.8 Å². The molecule has 5 nitrogen and oxygen atoms in total. The Kier molecular flexibility index (Phi) is 4.76. The van der Waals surface area contributed by atoms with E-state index < -0.39 is 0 Å². The third kappa shape index (κ3) is 3.27. The number of nitrogens with zero attached hydrogens (tertiary/aromatic N) is 4. The molecule has 3 aliphatic rings. The Morgan fingerprint density at radius 1 is 1.03 bits per heavy atom. The highest BCUT2D eigenvalue weighted by Crippen LogP contribution is 2.50. The Balaban J connectivity index is 1.37. The second-order valence-corrected chi connectivity index (χ2v) is 11.0. The van der Waals surface area contributed by atoms with Crippen LogP contribution in [0.15, 0.2) is 54.4 Å². The number of rotatable bonds is 4. The van der Waals surface area contributed by atoms with Gasteiger partial charge in [0.1, 0.15) is 12.0 Å². The SMILES string of the molecule is CC1C2CCC(CC2)C1Cc1cc(-c2scc3ccccc23)nc(-c2c[nH]c3ncncc23)n1. The van der Waals surface area contributed by atoms with E-state index in [9.17, 15) is 0 Å². The number of hydrogen-bond acceptors (Lipinski definition) is 5. The molecule has 0 spiro atoms. The first-order valence-electron chi connectivity index (χ1n) is 12.4. The maximum atomic E-state index is 5.15. The van der Waals surface area contributed by atoms with Gasteiger partial charge in [0.05, 0.1) is 10.6 Å². The third-order valence-electron chi connectivity index (χ3n) is 8.40. The molecule has 0 saturated heterocycles. The van der Waals surface area contributed by atoms with Crippen LogP contribution in [0.4, 0.5) is 0 Å². The molecule has 3 aliphatic carbocycles. The number of thiophene rings is 1. The zero-order chi connectivity index (χ0) is 22.6. The minimum atomic E-state index is 0.717. The van der Waals surface area contributed by atoms with E-state index in [4.69, 9.17) is 9.97 Å². The highest BCUT2D eigenvalue weighted by atomic mass is 32.1. The largest absolute Gasteiger partial charge is 0.345 e. The zero-order valence-electron chi connectivity index (χ0n) is 19.2. The van der Waals surface area contributed by atoms with Crippen molar-refractivity contribution in [1.82, 2.24) is 24.9 Å². The van der Waals surface area contributed by atoms with Crippen molar-refractivity contribution >= 4 is 33.1 Å². The molecule has 170 valence electrons. The van der Waals surface area contributed by atoms with Gasteiger partial charge in [-0.3, -0.25) is 0 Å². The van der Waals surface area contributed by atoms with Gasteiger partial charge in [0.2, 0.25) is 0 Å². The normalized spacial score (nSPS) is 24.3. The lowest BCUT2D eigenvalue weighted by Crippen LogP contribution is -2.39. The second-order valence-electron chi connectivity index (χ2n) is 10.1. The molecular formula is C28H27N5S. The van der Waals surface area contributed by atoms with Crippen LogP contribution in [0.2, 0.25) is 0 Å². The number of hydrogen-bond donors (Lipinski definition) is 1. The minimum absolute atomic E-state index is 0.717. The fourth-order valence-corrected chi connectivity index (χ4v) is 7.54. The van der Waals surface area contributed by atoms with Crippen LogP contribution >= 0.6 is 11.3 Å². The fourth-order valence-electron chi connectivity index (χ4n) is 6.55. The molecule has 34 heavy (non-hydrogen) atoms. The Hall–Kier alpha value is -3.12. The van der Waals surface area contributed by atoms with Gasteiger partial charge in [-0.1, -0.05) is 31.2 Å². The zero-order valence-corrected chi connectivity index (χ0v) is 20.1. The van der Waals surface area contributed by atoms with Crippen molar-refractivity contribution in [3.05, 3.63) is 60.1 Å². The van der Waals surface area contributed by atoms with Gasteiger partial charge in [-0.25, -0.2) is 19.9 Å². The lowest BCUT2D eigenvalue weighted by molar-refractivity contribution is 0.0339. The Morgan fingerprint density at radius 3 is 2.76 bits per heavy atom. The van der Waals surface area contributed by atoms with Crippen molar-refractivity contribution in [2.75, 3.05) is 0 Å². The first kappa shape index (κ1) is 20.3. The maximum absolute atomic E-state index is 5.15. The molecule has 2 atom stereocenters. The summed E-state index contributed by atoms with van der Waals surface area (Å²) in [6, 6.07) is 10.8. The molecule has 3 fully saturated rings. The Bertz CT molecular complexity index is 1400. The molecule has 1 N–H and O–H groups in total. The van der Waals surface area contributed by atoms with Gasteiger partial charge >= 0.3 is 0 Å². The van der Waals surface area contributed by atoms with Crippen molar-refractivity contribution in [3.63, 3.8) is 0 Å². The molecule has 4 aromatic heterocycles. The van der Waals surface area contributed by atoms with Gasteiger partial charge in [0.25, 0.3) is 0 Å². The molecule has 2 unspecified atom stereocenters. The molecule has 0 amide bonds. The summed E-state index contributed by atoms with van der Waals surface area (Å²) in [6.45, 7) is 2.48. The average molecular weight is 466 g/mol. The van der Waals surface area contributed by atoms with E-state index in [-0.39, 0.29) is 0 Å². The topological polar surface area (TPSA) is 67.3 Å². The lowest BCUT2D eigenvalue weighted by Gasteiger charge is -2.47. The van der Waals surface area contributed by atoms with E-state index in [1.165, 1.54) is 41.3 Å².